The molecule has 5 N–H and O–H groups in total. The fourth-order valence-corrected chi connectivity index (χ4v) is 5.62. The fourth-order valence-electron chi connectivity index (χ4n) is 5.25. The molecule has 0 radical (unpaired) electrons. The summed E-state index contributed by atoms with van der Waals surface area (Å²) in [4.78, 5) is 27.8. The number of piperidine rings is 1. The monoisotopic (exact) mass is 520 g/mol. The van der Waals surface area contributed by atoms with Crippen molar-refractivity contribution in [3.05, 3.63) is 45.7 Å². The van der Waals surface area contributed by atoms with Gasteiger partial charge in [0.25, 0.3) is 5.91 Å². The number of nitrogen functional groups attached to an aromatic ring is 2. The molecule has 4 rings (SSSR count). The van der Waals surface area contributed by atoms with Crippen LogP contribution >= 0.6 is 23.2 Å². The average molecular weight is 521 g/mol. The number of piperazine rings is 1. The summed E-state index contributed by atoms with van der Waals surface area (Å²) < 4.78 is 0. The van der Waals surface area contributed by atoms with Crippen molar-refractivity contribution in [2.45, 2.75) is 51.2 Å². The van der Waals surface area contributed by atoms with E-state index in [9.17, 15) is 4.79 Å². The molecule has 0 spiro atoms. The highest BCUT2D eigenvalue weighted by Crippen LogP contribution is 2.30. The molecule has 2 aliphatic heterocycles. The van der Waals surface area contributed by atoms with Gasteiger partial charge in [-0.1, -0.05) is 48.7 Å². The molecule has 35 heavy (non-hydrogen) atoms. The van der Waals surface area contributed by atoms with Crippen molar-refractivity contribution in [1.29, 1.82) is 0 Å². The molecule has 1 aromatic carbocycles. The van der Waals surface area contributed by atoms with E-state index in [1.54, 1.807) is 0 Å². The lowest BCUT2D eigenvalue weighted by Gasteiger charge is -2.48. The minimum absolute atomic E-state index is 0.0230. The zero-order chi connectivity index (χ0) is 24.9. The Labute approximate surface area is 216 Å². The van der Waals surface area contributed by atoms with E-state index in [1.165, 1.54) is 5.56 Å². The third kappa shape index (κ3) is 6.16. The Morgan fingerprint density at radius 3 is 2.49 bits per heavy atom. The van der Waals surface area contributed by atoms with Gasteiger partial charge in [0.1, 0.15) is 0 Å². The van der Waals surface area contributed by atoms with Crippen LogP contribution < -0.4 is 21.9 Å². The van der Waals surface area contributed by atoms with Crippen LogP contribution in [-0.2, 0) is 6.54 Å². The second-order valence-corrected chi connectivity index (χ2v) is 10.1. The smallest absolute Gasteiger partial charge is 0.287 e. The molecular weight excluding hydrogens is 487 g/mol. The second kappa shape index (κ2) is 11.7. The topological polar surface area (TPSA) is 117 Å². The number of hydrazine groups is 1. The third-order valence-corrected chi connectivity index (χ3v) is 7.51. The Hall–Kier alpha value is -2.17. The number of benzene rings is 1. The molecule has 0 unspecified atom stereocenters. The average Bonchev–Trinajstić information content (AvgIpc) is 2.87. The number of nitrogens with zero attached hydrogens (tertiary/aromatic N) is 5. The first-order valence-corrected chi connectivity index (χ1v) is 13.0. The van der Waals surface area contributed by atoms with Crippen molar-refractivity contribution in [2.75, 3.05) is 43.4 Å². The van der Waals surface area contributed by atoms with Gasteiger partial charge in [-0.2, -0.15) is 0 Å². The van der Waals surface area contributed by atoms with Crippen LogP contribution in [0.4, 0.5) is 11.6 Å². The molecule has 2 aliphatic rings. The summed E-state index contributed by atoms with van der Waals surface area (Å²) in [6.45, 7) is 7.87. The molecule has 0 bridgehead atoms. The molecule has 0 saturated carbocycles. The number of nitrogens with two attached hydrogens (primary N) is 2. The predicted octanol–water partition coefficient (Wildman–Crippen LogP) is 2.92. The maximum atomic E-state index is 11.9. The summed E-state index contributed by atoms with van der Waals surface area (Å²) in [7, 11) is 0. The Bertz CT molecular complexity index is 1010. The maximum Gasteiger partial charge on any atom is 0.287 e. The number of halogens is 2. The Morgan fingerprint density at radius 2 is 1.83 bits per heavy atom. The van der Waals surface area contributed by atoms with Crippen LogP contribution in [0, 0.1) is 0 Å². The van der Waals surface area contributed by atoms with E-state index in [-0.39, 0.29) is 16.7 Å². The van der Waals surface area contributed by atoms with Crippen molar-refractivity contribution in [2.24, 2.45) is 5.84 Å². The first kappa shape index (κ1) is 25.9. The molecule has 9 nitrogen and oxygen atoms in total. The van der Waals surface area contributed by atoms with E-state index in [4.69, 9.17) is 34.8 Å². The number of likely N-dealkylation sites (tertiary alicyclic amines) is 1. The third-order valence-electron chi connectivity index (χ3n) is 7.00. The summed E-state index contributed by atoms with van der Waals surface area (Å²) >= 11 is 12.4. The number of hydrogen-bond donors (Lipinski definition) is 3. The first-order valence-electron chi connectivity index (χ1n) is 12.2. The van der Waals surface area contributed by atoms with Crippen molar-refractivity contribution in [3.8, 4) is 0 Å². The minimum Gasteiger partial charge on any atom is -0.382 e. The molecule has 190 valence electrons. The van der Waals surface area contributed by atoms with Gasteiger partial charge in [0, 0.05) is 43.3 Å². The van der Waals surface area contributed by atoms with Crippen LogP contribution in [0.1, 0.15) is 48.7 Å². The van der Waals surface area contributed by atoms with Crippen LogP contribution in [0.25, 0.3) is 0 Å². The highest BCUT2D eigenvalue weighted by Gasteiger charge is 2.35. The van der Waals surface area contributed by atoms with Crippen molar-refractivity contribution in [1.82, 2.24) is 25.2 Å². The van der Waals surface area contributed by atoms with Gasteiger partial charge in [-0.3, -0.25) is 20.0 Å². The molecule has 0 aliphatic carbocycles. The number of amides is 1. The SMILES string of the molecule is CCC[C@H]1CN(c2nc(N)c(C(=O)NN)nc2Cl)CCN1C1CCN(Cc2ccc(Cl)cc2)CC1. The maximum absolute atomic E-state index is 11.9. The Morgan fingerprint density at radius 1 is 1.11 bits per heavy atom. The standard InChI is InChI=1S/C24H34Cl2N8O/c1-2-3-19-15-33(23-21(26)29-20(22(27)30-23)24(35)31-28)12-13-34(19)18-8-10-32(11-9-18)14-16-4-6-17(25)7-5-16/h4-7,18-19H,2-3,8-15,28H2,1H3,(H2,27,30)(H,31,35)/t19-/m0/s1. The number of rotatable bonds is 7. The molecule has 2 aromatic rings. The molecule has 1 amide bonds. The highest BCUT2D eigenvalue weighted by molar-refractivity contribution is 6.32. The van der Waals surface area contributed by atoms with Crippen LogP contribution in [-0.4, -0.2) is 70.5 Å². The summed E-state index contributed by atoms with van der Waals surface area (Å²) in [5, 5.41) is 0.942. The minimum atomic E-state index is -0.612. The number of carbonyl (C=O) groups excluding carboxylic acids is 1. The molecule has 2 saturated heterocycles. The van der Waals surface area contributed by atoms with E-state index in [0.717, 1.165) is 70.0 Å². The van der Waals surface area contributed by atoms with Crippen LogP contribution in [0.15, 0.2) is 24.3 Å². The quantitative estimate of drug-likeness (QED) is 0.289. The van der Waals surface area contributed by atoms with Gasteiger partial charge in [0.2, 0.25) is 0 Å². The Kier molecular flexibility index (Phi) is 8.67. The van der Waals surface area contributed by atoms with Crippen molar-refractivity contribution >= 4 is 40.7 Å². The number of hydrogen-bond acceptors (Lipinski definition) is 8. The fraction of sp³-hybridized carbons (Fsp3) is 0.542. The summed E-state index contributed by atoms with van der Waals surface area (Å²) in [6, 6.07) is 9.11. The van der Waals surface area contributed by atoms with Gasteiger partial charge in [-0.05, 0) is 50.0 Å². The molecule has 1 aromatic heterocycles. The van der Waals surface area contributed by atoms with Crippen molar-refractivity contribution < 1.29 is 4.79 Å². The largest absolute Gasteiger partial charge is 0.382 e. The molecule has 11 heteroatoms. The number of nitrogens with one attached hydrogen (secondary N) is 1. The van der Waals surface area contributed by atoms with Crippen molar-refractivity contribution in [3.63, 3.8) is 0 Å². The molecule has 1 atom stereocenters. The molecular formula is C24H34Cl2N8O. The summed E-state index contributed by atoms with van der Waals surface area (Å²) in [5.74, 6) is 5.14. The van der Waals surface area contributed by atoms with Gasteiger partial charge in [0.05, 0.1) is 0 Å². The van der Waals surface area contributed by atoms with Gasteiger partial charge in [-0.25, -0.2) is 15.8 Å². The lowest BCUT2D eigenvalue weighted by molar-refractivity contribution is 0.0589. The zero-order valence-corrected chi connectivity index (χ0v) is 21.6. The summed E-state index contributed by atoms with van der Waals surface area (Å²) in [5.41, 5.74) is 9.26. The lowest BCUT2D eigenvalue weighted by Crippen LogP contribution is -2.58. The van der Waals surface area contributed by atoms with E-state index in [2.05, 4.69) is 43.7 Å². The second-order valence-electron chi connectivity index (χ2n) is 9.31. The highest BCUT2D eigenvalue weighted by atomic mass is 35.5. The van der Waals surface area contributed by atoms with Crippen LogP contribution in [0.5, 0.6) is 0 Å². The Balaban J connectivity index is 1.39. The number of anilines is 2. The van der Waals surface area contributed by atoms with Gasteiger partial charge < -0.3 is 10.6 Å². The predicted molar refractivity (Wildman–Crippen MR) is 140 cm³/mol. The van der Waals surface area contributed by atoms with E-state index in [0.29, 0.717) is 17.9 Å². The molecule has 3 heterocycles. The van der Waals surface area contributed by atoms with E-state index >= 15 is 0 Å². The zero-order valence-electron chi connectivity index (χ0n) is 20.1. The summed E-state index contributed by atoms with van der Waals surface area (Å²) in [6.07, 6.45) is 4.51. The van der Waals surface area contributed by atoms with E-state index in [1.807, 2.05) is 17.6 Å². The normalized spacial score (nSPS) is 20.2. The van der Waals surface area contributed by atoms with E-state index < -0.39 is 5.91 Å². The number of carbonyl (C=O) groups is 1. The van der Waals surface area contributed by atoms with Gasteiger partial charge in [0.15, 0.2) is 22.5 Å². The first-order chi connectivity index (χ1) is 16.9. The van der Waals surface area contributed by atoms with Gasteiger partial charge >= 0.3 is 0 Å². The number of aromatic nitrogens is 2. The molecule has 2 fully saturated rings. The van der Waals surface area contributed by atoms with Crippen LogP contribution in [0.2, 0.25) is 10.2 Å². The van der Waals surface area contributed by atoms with Gasteiger partial charge in [-0.15, -0.1) is 0 Å². The lowest BCUT2D eigenvalue weighted by atomic mass is 9.97. The van der Waals surface area contributed by atoms with Crippen LogP contribution in [0.3, 0.4) is 0 Å².